The van der Waals surface area contributed by atoms with Crippen molar-refractivity contribution >= 4 is 8.58 Å². The highest BCUT2D eigenvalue weighted by Gasteiger charge is 2.20. The van der Waals surface area contributed by atoms with Gasteiger partial charge in [-0.05, 0) is 59.6 Å². The first kappa shape index (κ1) is 21.6. The summed E-state index contributed by atoms with van der Waals surface area (Å²) >= 11 is 0. The topological polar surface area (TPSA) is 0 Å². The lowest BCUT2D eigenvalue weighted by Gasteiger charge is -2.28. The Kier molecular flexibility index (Phi) is 9.07. The molecule has 0 amide bonds. The normalized spacial score (nSPS) is 18.5. The second-order valence-corrected chi connectivity index (χ2v) is 10.9. The molecule has 0 atom stereocenters. The van der Waals surface area contributed by atoms with Gasteiger partial charge in [-0.3, -0.25) is 0 Å². The summed E-state index contributed by atoms with van der Waals surface area (Å²) < 4.78 is 0. The molecular weight excluding hydrogens is 355 g/mol. The Labute approximate surface area is 175 Å². The van der Waals surface area contributed by atoms with Crippen molar-refractivity contribution < 1.29 is 0 Å². The first-order chi connectivity index (χ1) is 13.7. The van der Waals surface area contributed by atoms with Gasteiger partial charge < -0.3 is 0 Å². The smallest absolute Gasteiger partial charge is 0.0149 e. The lowest BCUT2D eigenvalue weighted by Crippen LogP contribution is -2.14. The van der Waals surface area contributed by atoms with Crippen LogP contribution in [0.4, 0.5) is 0 Å². The first-order valence-electron chi connectivity index (χ1n) is 11.6. The van der Waals surface area contributed by atoms with Crippen molar-refractivity contribution in [1.82, 2.24) is 0 Å². The largest absolute Gasteiger partial charge is 0.116 e. The van der Waals surface area contributed by atoms with Crippen LogP contribution in [-0.4, -0.2) is 11.3 Å². The fourth-order valence-corrected chi connectivity index (χ4v) is 6.90. The van der Waals surface area contributed by atoms with E-state index in [0.717, 1.165) is 11.3 Å². The molecule has 0 heterocycles. The summed E-state index contributed by atoms with van der Waals surface area (Å²) in [4.78, 5) is 0. The highest BCUT2D eigenvalue weighted by molar-refractivity contribution is 7.39. The van der Waals surface area contributed by atoms with E-state index in [4.69, 9.17) is 0 Å². The lowest BCUT2D eigenvalue weighted by molar-refractivity contribution is 0.490. The standard InChI is InChI=1S/C15H16.C12H23P/c1-12(2)14-10-6-7-11-15(14)13-8-4-3-5-9-13;1-3-7-11(8-4-1)13-12-9-5-2-6-10-12/h3-12H,1-2H3;11-13H,1-10H2. The zero-order chi connectivity index (χ0) is 19.6. The lowest BCUT2D eigenvalue weighted by atomic mass is 9.93. The van der Waals surface area contributed by atoms with Gasteiger partial charge in [0.15, 0.2) is 0 Å². The summed E-state index contributed by atoms with van der Waals surface area (Å²) in [6, 6.07) is 19.2. The zero-order valence-corrected chi connectivity index (χ0v) is 19.0. The highest BCUT2D eigenvalue weighted by atomic mass is 31.1. The fourth-order valence-electron chi connectivity index (χ4n) is 4.75. The van der Waals surface area contributed by atoms with Gasteiger partial charge >= 0.3 is 0 Å². The molecule has 2 aromatic carbocycles. The van der Waals surface area contributed by atoms with Crippen molar-refractivity contribution in [3.63, 3.8) is 0 Å². The van der Waals surface area contributed by atoms with E-state index in [1.807, 2.05) is 0 Å². The third kappa shape index (κ3) is 6.73. The molecule has 0 N–H and O–H groups in total. The maximum atomic E-state index is 2.24. The van der Waals surface area contributed by atoms with Crippen molar-refractivity contribution in [1.29, 1.82) is 0 Å². The van der Waals surface area contributed by atoms with E-state index in [9.17, 15) is 0 Å². The average molecular weight is 395 g/mol. The summed E-state index contributed by atoms with van der Waals surface area (Å²) in [5.74, 6) is 0.571. The monoisotopic (exact) mass is 394 g/mol. The number of benzene rings is 2. The van der Waals surface area contributed by atoms with Crippen LogP contribution in [0.5, 0.6) is 0 Å². The number of rotatable bonds is 4. The third-order valence-corrected chi connectivity index (χ3v) is 8.45. The second-order valence-electron chi connectivity index (χ2n) is 8.94. The van der Waals surface area contributed by atoms with Crippen molar-refractivity contribution in [2.75, 3.05) is 0 Å². The molecule has 0 saturated heterocycles. The molecule has 0 bridgehead atoms. The quantitative estimate of drug-likeness (QED) is 0.454. The van der Waals surface area contributed by atoms with Crippen molar-refractivity contribution in [2.24, 2.45) is 0 Å². The van der Waals surface area contributed by atoms with Gasteiger partial charge in [0.05, 0.1) is 0 Å². The number of hydrogen-bond donors (Lipinski definition) is 0. The van der Waals surface area contributed by atoms with Gasteiger partial charge in [0.25, 0.3) is 0 Å². The Balaban J connectivity index is 0.000000162. The van der Waals surface area contributed by atoms with Crippen LogP contribution in [-0.2, 0) is 0 Å². The van der Waals surface area contributed by atoms with Crippen molar-refractivity contribution in [2.45, 2.75) is 95.3 Å². The summed E-state index contributed by atoms with van der Waals surface area (Å²) in [5, 5.41) is 0. The summed E-state index contributed by atoms with van der Waals surface area (Å²) in [6.07, 6.45) is 15.4. The minimum atomic E-state index is 0.571. The Morgan fingerprint density at radius 1 is 0.643 bits per heavy atom. The van der Waals surface area contributed by atoms with Gasteiger partial charge in [-0.1, -0.05) is 107 Å². The first-order valence-corrected chi connectivity index (χ1v) is 12.8. The van der Waals surface area contributed by atoms with Gasteiger partial charge in [0.2, 0.25) is 0 Å². The Hall–Kier alpha value is -1.13. The van der Waals surface area contributed by atoms with Crippen LogP contribution >= 0.6 is 8.58 Å². The van der Waals surface area contributed by atoms with Gasteiger partial charge in [0, 0.05) is 0 Å². The van der Waals surface area contributed by atoms with E-state index < -0.39 is 0 Å². The van der Waals surface area contributed by atoms with Crippen LogP contribution in [0.1, 0.15) is 89.5 Å². The molecule has 1 heteroatoms. The van der Waals surface area contributed by atoms with E-state index in [1.165, 1.54) is 63.8 Å². The molecule has 2 aliphatic rings. The van der Waals surface area contributed by atoms with E-state index >= 15 is 0 Å². The fraction of sp³-hybridized carbons (Fsp3) is 0.556. The SMILES string of the molecule is C1CCC(PC2CCCCC2)CC1.CC(C)c1ccccc1-c1ccccc1. The van der Waals surface area contributed by atoms with Gasteiger partial charge in [-0.2, -0.15) is 0 Å². The Morgan fingerprint density at radius 2 is 1.14 bits per heavy atom. The zero-order valence-electron chi connectivity index (χ0n) is 18.0. The molecule has 0 unspecified atom stereocenters. The molecular formula is C27H39P. The highest BCUT2D eigenvalue weighted by Crippen LogP contribution is 2.41. The third-order valence-electron chi connectivity index (χ3n) is 6.35. The van der Waals surface area contributed by atoms with E-state index in [2.05, 4.69) is 68.4 Å². The molecule has 4 rings (SSSR count). The van der Waals surface area contributed by atoms with Crippen LogP contribution < -0.4 is 0 Å². The second kappa shape index (κ2) is 11.8. The van der Waals surface area contributed by atoms with Gasteiger partial charge in [-0.15, -0.1) is 8.58 Å². The van der Waals surface area contributed by atoms with Gasteiger partial charge in [-0.25, -0.2) is 0 Å². The molecule has 0 aliphatic heterocycles. The molecule has 2 aromatic rings. The van der Waals surface area contributed by atoms with Crippen LogP contribution in [0.25, 0.3) is 11.1 Å². The Bertz CT molecular complexity index is 648. The van der Waals surface area contributed by atoms with Crippen LogP contribution in [0.3, 0.4) is 0 Å². The molecule has 2 fully saturated rings. The van der Waals surface area contributed by atoms with E-state index in [-0.39, 0.29) is 0 Å². The minimum Gasteiger partial charge on any atom is -0.116 e. The molecule has 2 aliphatic carbocycles. The molecule has 2 saturated carbocycles. The van der Waals surface area contributed by atoms with Crippen LogP contribution in [0.2, 0.25) is 0 Å². The van der Waals surface area contributed by atoms with Crippen molar-refractivity contribution in [3.05, 3.63) is 60.2 Å². The van der Waals surface area contributed by atoms with E-state index in [1.54, 1.807) is 25.7 Å². The number of hydrogen-bond acceptors (Lipinski definition) is 0. The Morgan fingerprint density at radius 3 is 1.68 bits per heavy atom. The summed E-state index contributed by atoms with van der Waals surface area (Å²) in [6.45, 7) is 4.48. The molecule has 152 valence electrons. The average Bonchev–Trinajstić information content (AvgIpc) is 2.76. The molecule has 0 spiro atoms. The van der Waals surface area contributed by atoms with Crippen LogP contribution in [0.15, 0.2) is 54.6 Å². The van der Waals surface area contributed by atoms with E-state index in [0.29, 0.717) is 5.92 Å². The van der Waals surface area contributed by atoms with Crippen molar-refractivity contribution in [3.8, 4) is 11.1 Å². The van der Waals surface area contributed by atoms with Crippen LogP contribution in [0, 0.1) is 0 Å². The molecule has 28 heavy (non-hydrogen) atoms. The maximum Gasteiger partial charge on any atom is -0.0149 e. The molecule has 0 aromatic heterocycles. The predicted molar refractivity (Wildman–Crippen MR) is 128 cm³/mol. The summed E-state index contributed by atoms with van der Waals surface area (Å²) in [5.41, 5.74) is 6.38. The molecule has 0 nitrogen and oxygen atoms in total. The molecule has 0 radical (unpaired) electrons. The minimum absolute atomic E-state index is 0.571. The summed E-state index contributed by atoms with van der Waals surface area (Å²) in [7, 11) is 1.33. The maximum absolute atomic E-state index is 2.24. The predicted octanol–water partition coefficient (Wildman–Crippen LogP) is 8.81. The van der Waals surface area contributed by atoms with Gasteiger partial charge in [0.1, 0.15) is 0 Å².